The molecule has 3 aliphatic heterocycles. The highest BCUT2D eigenvalue weighted by atomic mass is 16.6. The highest BCUT2D eigenvalue weighted by molar-refractivity contribution is 6.25. The van der Waals surface area contributed by atoms with Crippen LogP contribution < -0.4 is 15.5 Å². The number of esters is 4. The molecule has 0 bridgehead atoms. The highest BCUT2D eigenvalue weighted by Gasteiger charge is 2.75. The Kier molecular flexibility index (Phi) is 13.9. The number of carbonyl (C=O) groups is 7. The van der Waals surface area contributed by atoms with Crippen LogP contribution in [0.5, 0.6) is 5.75 Å². The fourth-order valence-electron chi connectivity index (χ4n) is 9.55. The number of cyclic esters (lactones) is 1. The largest absolute Gasteiger partial charge is 0.508 e. The molecule has 0 aromatic heterocycles. The Morgan fingerprint density at radius 1 is 0.821 bits per heavy atom. The zero-order chi connectivity index (χ0) is 48.2. The van der Waals surface area contributed by atoms with Gasteiger partial charge < -0.3 is 34.7 Å². The molecular formula is C51H50N4O12. The van der Waals surface area contributed by atoms with E-state index in [1.807, 2.05) is 53.4 Å². The second kappa shape index (κ2) is 19.8. The summed E-state index contributed by atoms with van der Waals surface area (Å²) in [5, 5.41) is 16.2. The van der Waals surface area contributed by atoms with E-state index >= 15 is 14.4 Å². The summed E-state index contributed by atoms with van der Waals surface area (Å²) in [5.74, 6) is -2.82. The second-order valence-electron chi connectivity index (χ2n) is 16.6. The minimum absolute atomic E-state index is 0.0109. The molecule has 1 spiro atoms. The van der Waals surface area contributed by atoms with Crippen LogP contribution in [0.2, 0.25) is 0 Å². The predicted octanol–water partition coefficient (Wildman–Crippen LogP) is 4.97. The Morgan fingerprint density at radius 2 is 1.43 bits per heavy atom. The van der Waals surface area contributed by atoms with Gasteiger partial charge in [0.25, 0.3) is 0 Å². The number of phenols is 1. The Morgan fingerprint density at radius 3 is 2.01 bits per heavy atom. The molecule has 67 heavy (non-hydrogen) atoms. The van der Waals surface area contributed by atoms with Crippen LogP contribution in [0.4, 0.5) is 10.5 Å². The fraction of sp³-hybridized carbons (Fsp3) is 0.314. The minimum Gasteiger partial charge on any atom is -0.508 e. The van der Waals surface area contributed by atoms with Crippen LogP contribution in [0.1, 0.15) is 66.3 Å². The summed E-state index contributed by atoms with van der Waals surface area (Å²) in [6.45, 7) is 7.07. The number of anilines is 1. The fourth-order valence-corrected chi connectivity index (χ4v) is 9.55. The number of amides is 4. The summed E-state index contributed by atoms with van der Waals surface area (Å²) in [6, 6.07) is 22.9. The number of nitrogens with zero attached hydrogens (tertiary/aromatic N) is 2. The molecule has 0 aliphatic carbocycles. The molecule has 3 N–H and O–H groups in total. The number of aromatic hydroxyl groups is 1. The number of hydrogen-bond donors (Lipinski definition) is 3. The van der Waals surface area contributed by atoms with E-state index in [0.717, 1.165) is 19.1 Å². The van der Waals surface area contributed by atoms with Crippen LogP contribution >= 0.6 is 0 Å². The maximum absolute atomic E-state index is 16.3. The number of urea groups is 1. The van der Waals surface area contributed by atoms with Crippen molar-refractivity contribution in [3.8, 4) is 17.6 Å². The van der Waals surface area contributed by atoms with Gasteiger partial charge in [-0.2, -0.15) is 0 Å². The van der Waals surface area contributed by atoms with Gasteiger partial charge >= 0.3 is 29.9 Å². The van der Waals surface area contributed by atoms with Gasteiger partial charge in [0.1, 0.15) is 29.4 Å². The molecule has 0 radical (unpaired) electrons. The lowest BCUT2D eigenvalue weighted by Crippen LogP contribution is -2.57. The Hall–Kier alpha value is -7.77. The van der Waals surface area contributed by atoms with Crippen molar-refractivity contribution < 1.29 is 57.6 Å². The maximum Gasteiger partial charge on any atom is 0.329 e. The summed E-state index contributed by atoms with van der Waals surface area (Å²) < 4.78 is 21.1. The number of phenolic OH excluding ortho intramolecular Hbond substituents is 1. The van der Waals surface area contributed by atoms with Gasteiger partial charge in [-0.25, -0.2) is 14.5 Å². The quantitative estimate of drug-likeness (QED) is 0.0565. The molecule has 16 heteroatoms. The van der Waals surface area contributed by atoms with Gasteiger partial charge in [-0.15, -0.1) is 6.58 Å². The minimum atomic E-state index is -2.19. The zero-order valence-electron chi connectivity index (χ0n) is 37.5. The van der Waals surface area contributed by atoms with Crippen molar-refractivity contribution in [2.45, 2.75) is 56.0 Å². The number of carbonyl (C=O) groups excluding carboxylic acids is 7. The van der Waals surface area contributed by atoms with Gasteiger partial charge in [-0.3, -0.25) is 28.9 Å². The molecule has 4 aromatic carbocycles. The van der Waals surface area contributed by atoms with E-state index in [4.69, 9.17) is 18.9 Å². The third kappa shape index (κ3) is 8.49. The van der Waals surface area contributed by atoms with Crippen molar-refractivity contribution in [3.63, 3.8) is 0 Å². The first-order chi connectivity index (χ1) is 32.2. The van der Waals surface area contributed by atoms with Gasteiger partial charge in [0, 0.05) is 18.5 Å². The van der Waals surface area contributed by atoms with E-state index in [1.54, 1.807) is 38.1 Å². The first-order valence-corrected chi connectivity index (χ1v) is 21.5. The van der Waals surface area contributed by atoms with Crippen LogP contribution in [-0.2, 0) is 53.1 Å². The van der Waals surface area contributed by atoms with E-state index < -0.39 is 95.2 Å². The van der Waals surface area contributed by atoms with Gasteiger partial charge in [-0.1, -0.05) is 105 Å². The number of benzene rings is 4. The lowest BCUT2D eigenvalue weighted by molar-refractivity contribution is -0.178. The molecule has 2 fully saturated rings. The molecule has 4 amide bonds. The normalized spacial score (nSPS) is 22.1. The lowest BCUT2D eigenvalue weighted by atomic mass is 9.65. The molecule has 0 saturated carbocycles. The van der Waals surface area contributed by atoms with E-state index in [-0.39, 0.29) is 35.5 Å². The van der Waals surface area contributed by atoms with Crippen LogP contribution in [0.25, 0.3) is 0 Å². The Labute approximate surface area is 387 Å². The van der Waals surface area contributed by atoms with Crippen molar-refractivity contribution in [1.29, 1.82) is 0 Å². The second-order valence-corrected chi connectivity index (χ2v) is 16.6. The molecule has 4 aromatic rings. The molecule has 3 heterocycles. The zero-order valence-corrected chi connectivity index (χ0v) is 37.5. The monoisotopic (exact) mass is 910 g/mol. The summed E-state index contributed by atoms with van der Waals surface area (Å²) in [7, 11) is 3.42. The van der Waals surface area contributed by atoms with Gasteiger partial charge in [-0.05, 0) is 58.5 Å². The summed E-state index contributed by atoms with van der Waals surface area (Å²) >= 11 is 0. The molecule has 3 aliphatic rings. The van der Waals surface area contributed by atoms with Crippen LogP contribution in [0.15, 0.2) is 116 Å². The van der Waals surface area contributed by atoms with Crippen molar-refractivity contribution in [3.05, 3.63) is 144 Å². The molecule has 7 atom stereocenters. The summed E-state index contributed by atoms with van der Waals surface area (Å²) in [4.78, 5) is 102. The number of ether oxygens (including phenoxy) is 4. The van der Waals surface area contributed by atoms with Crippen LogP contribution in [0.3, 0.4) is 0 Å². The van der Waals surface area contributed by atoms with Gasteiger partial charge in [0.2, 0.25) is 11.8 Å². The number of nitrogens with one attached hydrogen (secondary N) is 2. The maximum atomic E-state index is 16.3. The molecule has 2 saturated heterocycles. The van der Waals surface area contributed by atoms with Crippen LogP contribution in [0, 0.1) is 29.6 Å². The molecular weight excluding hydrogens is 861 g/mol. The third-order valence-electron chi connectivity index (χ3n) is 12.5. The van der Waals surface area contributed by atoms with Crippen molar-refractivity contribution in [2.24, 2.45) is 17.8 Å². The number of fused-ring (bicyclic) bond motifs is 3. The lowest BCUT2D eigenvalue weighted by Gasteiger charge is -2.46. The molecule has 16 nitrogen and oxygen atoms in total. The first kappa shape index (κ1) is 47.2. The molecule has 346 valence electrons. The number of hydrogen-bond acceptors (Lipinski definition) is 13. The highest BCUT2D eigenvalue weighted by Crippen LogP contribution is 2.66. The average Bonchev–Trinajstić information content (AvgIpc) is 3.80. The van der Waals surface area contributed by atoms with Crippen molar-refractivity contribution in [1.82, 2.24) is 15.5 Å². The number of imide groups is 1. The predicted molar refractivity (Wildman–Crippen MR) is 241 cm³/mol. The van der Waals surface area contributed by atoms with Gasteiger partial charge in [0.15, 0.2) is 5.92 Å². The third-order valence-corrected chi connectivity index (χ3v) is 12.5. The standard InChI is InChI=1S/C51H50N4O12/c1-7-27-52-44(57)38-41-48(61)67-42(32-18-12-9-13-19-32)40(31-16-10-8-11-17-31)55(41)43(33-22-24-34(56)25-23-33)51(38)36-28-30(15-14-20-35(45(58)64-4)46(59)65-5)21-26-37(36)54(49(51)62)50(63)53-39(29(2)3)47(60)66-6/h7-13,16-19,21-26,28-29,35,38-43,56H,1,20,27H2,2-6H3,(H,52,57)(H,53,63)/t38-,39+,40-,41-,42+,43+,51-/m1/s1. The van der Waals surface area contributed by atoms with E-state index in [1.165, 1.54) is 43.5 Å². The Bertz CT molecular complexity index is 2630. The summed E-state index contributed by atoms with van der Waals surface area (Å²) in [5.41, 5.74) is -0.152. The van der Waals surface area contributed by atoms with E-state index in [0.29, 0.717) is 16.7 Å². The van der Waals surface area contributed by atoms with Crippen molar-refractivity contribution >= 4 is 47.4 Å². The number of methoxy groups -OCH3 is 3. The molecule has 0 unspecified atom stereocenters. The topological polar surface area (TPSA) is 207 Å². The number of morpholine rings is 1. The SMILES string of the molecule is C=CCNC(=O)[C@H]1[C@@H]2C(=O)O[C@@H](c3ccccc3)[C@@H](c3ccccc3)N2[C@@H](c2ccc(O)cc2)[C@]12C(=O)N(C(=O)N[C@H](C(=O)OC)C(C)C)c1ccc(C#CCC(C(=O)OC)C(=O)OC)cc12. The summed E-state index contributed by atoms with van der Waals surface area (Å²) in [6.07, 6.45) is 0.137. The van der Waals surface area contributed by atoms with Crippen molar-refractivity contribution in [2.75, 3.05) is 32.8 Å². The smallest absolute Gasteiger partial charge is 0.329 e. The van der Waals surface area contributed by atoms with Gasteiger partial charge in [0.05, 0.1) is 45.0 Å². The molecule has 7 rings (SSSR count). The van der Waals surface area contributed by atoms with Crippen LogP contribution in [-0.4, -0.2) is 91.7 Å². The van der Waals surface area contributed by atoms with E-state index in [2.05, 4.69) is 29.1 Å². The average molecular weight is 911 g/mol. The first-order valence-electron chi connectivity index (χ1n) is 21.5. The Balaban J connectivity index is 1.56. The number of rotatable bonds is 12. The van der Waals surface area contributed by atoms with E-state index in [9.17, 15) is 24.3 Å².